The second-order valence-electron chi connectivity index (χ2n) is 8.26. The van der Waals surface area contributed by atoms with Gasteiger partial charge in [-0.1, -0.05) is 6.07 Å². The maximum absolute atomic E-state index is 11.1. The molecule has 3 heterocycles. The lowest BCUT2D eigenvalue weighted by atomic mass is 9.89. The highest BCUT2D eigenvalue weighted by Crippen LogP contribution is 2.34. The number of ether oxygens (including phenoxy) is 1. The zero-order chi connectivity index (χ0) is 21.1. The Labute approximate surface area is 177 Å². The Kier molecular flexibility index (Phi) is 6.04. The van der Waals surface area contributed by atoms with Gasteiger partial charge >= 0.3 is 5.97 Å². The van der Waals surface area contributed by atoms with Crippen molar-refractivity contribution in [2.45, 2.75) is 38.6 Å². The van der Waals surface area contributed by atoms with E-state index in [9.17, 15) is 4.79 Å². The second kappa shape index (κ2) is 8.88. The fourth-order valence-corrected chi connectivity index (χ4v) is 4.31. The summed E-state index contributed by atoms with van der Waals surface area (Å²) in [6.45, 7) is 7.89. The molecule has 0 atom stereocenters. The number of benzene rings is 1. The number of rotatable bonds is 7. The summed E-state index contributed by atoms with van der Waals surface area (Å²) in [5, 5.41) is 10.4. The molecule has 4 rings (SSSR count). The van der Waals surface area contributed by atoms with Gasteiger partial charge in [-0.3, -0.25) is 4.90 Å². The third-order valence-electron chi connectivity index (χ3n) is 5.96. The number of aromatic carboxylic acids is 1. The van der Waals surface area contributed by atoms with Crippen molar-refractivity contribution < 1.29 is 14.6 Å². The molecule has 1 aromatic carbocycles. The number of carbonyl (C=O) groups is 1. The molecule has 158 valence electrons. The molecule has 0 unspecified atom stereocenters. The number of nitrogens with zero attached hydrogens (tertiary/aromatic N) is 3. The highest BCUT2D eigenvalue weighted by atomic mass is 16.5. The minimum Gasteiger partial charge on any atom is -0.492 e. The number of likely N-dealkylation sites (tertiary alicyclic amines) is 1. The fraction of sp³-hybridized carbons (Fsp3) is 0.417. The average molecular weight is 408 g/mol. The van der Waals surface area contributed by atoms with Gasteiger partial charge in [0, 0.05) is 30.4 Å². The molecule has 1 aliphatic heterocycles. The standard InChI is InChI=1S/C24H29N3O3/c1-17(2)27-16-22(21-7-4-10-25-23(21)27)18-8-11-26(12-9-18)13-14-30-20-6-3-5-19(15-20)24(28)29/h3-7,10,15-18H,8-9,11-14H2,1-2H3,(H,28,29). The summed E-state index contributed by atoms with van der Waals surface area (Å²) in [7, 11) is 0. The summed E-state index contributed by atoms with van der Waals surface area (Å²) >= 11 is 0. The second-order valence-corrected chi connectivity index (χ2v) is 8.26. The molecular weight excluding hydrogens is 378 g/mol. The van der Waals surface area contributed by atoms with E-state index in [1.807, 2.05) is 12.3 Å². The van der Waals surface area contributed by atoms with Crippen LogP contribution in [0.4, 0.5) is 0 Å². The van der Waals surface area contributed by atoms with Crippen LogP contribution in [0.1, 0.15) is 54.6 Å². The number of aromatic nitrogens is 2. The molecule has 0 aliphatic carbocycles. The summed E-state index contributed by atoms with van der Waals surface area (Å²) < 4.78 is 8.07. The van der Waals surface area contributed by atoms with Crippen molar-refractivity contribution in [2.24, 2.45) is 0 Å². The maximum Gasteiger partial charge on any atom is 0.335 e. The SMILES string of the molecule is CC(C)n1cc(C2CCN(CCOc3cccc(C(=O)O)c3)CC2)c2cccnc21. The molecule has 6 heteroatoms. The first-order chi connectivity index (χ1) is 14.5. The summed E-state index contributed by atoms with van der Waals surface area (Å²) in [5.41, 5.74) is 2.76. The lowest BCUT2D eigenvalue weighted by Gasteiger charge is -2.31. The van der Waals surface area contributed by atoms with Crippen molar-refractivity contribution in [1.29, 1.82) is 0 Å². The highest BCUT2D eigenvalue weighted by molar-refractivity contribution is 5.88. The fourth-order valence-electron chi connectivity index (χ4n) is 4.31. The Hall–Kier alpha value is -2.86. The first kappa shape index (κ1) is 20.4. The smallest absolute Gasteiger partial charge is 0.335 e. The Morgan fingerprint density at radius 1 is 1.23 bits per heavy atom. The number of carboxylic acid groups (broad SMARTS) is 1. The van der Waals surface area contributed by atoms with Crippen molar-refractivity contribution in [3.63, 3.8) is 0 Å². The Morgan fingerprint density at radius 2 is 2.03 bits per heavy atom. The zero-order valence-electron chi connectivity index (χ0n) is 17.6. The maximum atomic E-state index is 11.1. The van der Waals surface area contributed by atoms with Gasteiger partial charge in [-0.2, -0.15) is 0 Å². The molecule has 0 radical (unpaired) electrons. The quantitative estimate of drug-likeness (QED) is 0.621. The van der Waals surface area contributed by atoms with E-state index in [1.165, 1.54) is 10.9 Å². The monoisotopic (exact) mass is 407 g/mol. The number of fused-ring (bicyclic) bond motifs is 1. The van der Waals surface area contributed by atoms with Gasteiger partial charge < -0.3 is 14.4 Å². The van der Waals surface area contributed by atoms with Gasteiger partial charge in [0.05, 0.1) is 5.56 Å². The van der Waals surface area contributed by atoms with E-state index in [-0.39, 0.29) is 5.56 Å². The van der Waals surface area contributed by atoms with Crippen molar-refractivity contribution in [2.75, 3.05) is 26.2 Å². The molecule has 0 bridgehead atoms. The van der Waals surface area contributed by atoms with E-state index >= 15 is 0 Å². The van der Waals surface area contributed by atoms with Crippen LogP contribution in [0.5, 0.6) is 5.75 Å². The lowest BCUT2D eigenvalue weighted by molar-refractivity contribution is 0.0696. The van der Waals surface area contributed by atoms with E-state index in [0.717, 1.165) is 38.1 Å². The van der Waals surface area contributed by atoms with Gasteiger partial charge in [-0.25, -0.2) is 9.78 Å². The van der Waals surface area contributed by atoms with Gasteiger partial charge in [0.15, 0.2) is 0 Å². The minimum absolute atomic E-state index is 0.253. The van der Waals surface area contributed by atoms with Crippen LogP contribution in [0, 0.1) is 0 Å². The summed E-state index contributed by atoms with van der Waals surface area (Å²) in [6, 6.07) is 11.3. The van der Waals surface area contributed by atoms with Gasteiger partial charge in [-0.05, 0) is 81.6 Å². The van der Waals surface area contributed by atoms with Crippen LogP contribution in [-0.2, 0) is 0 Å². The van der Waals surface area contributed by atoms with E-state index in [2.05, 4.69) is 40.6 Å². The van der Waals surface area contributed by atoms with Crippen LogP contribution in [-0.4, -0.2) is 51.8 Å². The van der Waals surface area contributed by atoms with Gasteiger partial charge in [0.1, 0.15) is 18.0 Å². The number of carboxylic acids is 1. The van der Waals surface area contributed by atoms with Crippen LogP contribution in [0.3, 0.4) is 0 Å². The van der Waals surface area contributed by atoms with E-state index < -0.39 is 5.97 Å². The summed E-state index contributed by atoms with van der Waals surface area (Å²) in [6.07, 6.45) is 6.43. The predicted molar refractivity (Wildman–Crippen MR) is 117 cm³/mol. The minimum atomic E-state index is -0.934. The molecule has 1 saturated heterocycles. The molecule has 1 aliphatic rings. The predicted octanol–water partition coefficient (Wildman–Crippen LogP) is 4.57. The number of hydrogen-bond donors (Lipinski definition) is 1. The van der Waals surface area contributed by atoms with Crippen molar-refractivity contribution in [3.05, 3.63) is 59.9 Å². The van der Waals surface area contributed by atoms with Crippen molar-refractivity contribution in [1.82, 2.24) is 14.5 Å². The molecule has 1 fully saturated rings. The van der Waals surface area contributed by atoms with Crippen LogP contribution in [0.25, 0.3) is 11.0 Å². The molecule has 1 N–H and O–H groups in total. The molecule has 3 aromatic rings. The largest absolute Gasteiger partial charge is 0.492 e. The normalized spacial score (nSPS) is 15.7. The Balaban J connectivity index is 1.33. The molecular formula is C24H29N3O3. The third kappa shape index (κ3) is 4.33. The average Bonchev–Trinajstić information content (AvgIpc) is 3.15. The summed E-state index contributed by atoms with van der Waals surface area (Å²) in [5.74, 6) is 0.233. The van der Waals surface area contributed by atoms with Crippen LogP contribution < -0.4 is 4.74 Å². The molecule has 30 heavy (non-hydrogen) atoms. The number of piperidine rings is 1. The molecule has 0 amide bonds. The van der Waals surface area contributed by atoms with Crippen LogP contribution >= 0.6 is 0 Å². The Bertz CT molecular complexity index is 1020. The first-order valence-electron chi connectivity index (χ1n) is 10.7. The van der Waals surface area contributed by atoms with E-state index in [1.54, 1.807) is 24.3 Å². The summed E-state index contributed by atoms with van der Waals surface area (Å²) in [4.78, 5) is 18.1. The molecule has 2 aromatic heterocycles. The van der Waals surface area contributed by atoms with Crippen LogP contribution in [0.2, 0.25) is 0 Å². The molecule has 0 saturated carbocycles. The first-order valence-corrected chi connectivity index (χ1v) is 10.7. The van der Waals surface area contributed by atoms with Crippen molar-refractivity contribution in [3.8, 4) is 5.75 Å². The van der Waals surface area contributed by atoms with E-state index in [4.69, 9.17) is 9.84 Å². The third-order valence-corrected chi connectivity index (χ3v) is 5.96. The van der Waals surface area contributed by atoms with Gasteiger partial charge in [-0.15, -0.1) is 0 Å². The highest BCUT2D eigenvalue weighted by Gasteiger charge is 2.24. The topological polar surface area (TPSA) is 67.6 Å². The number of pyridine rings is 1. The van der Waals surface area contributed by atoms with Gasteiger partial charge in [0.25, 0.3) is 0 Å². The Morgan fingerprint density at radius 3 is 2.77 bits per heavy atom. The lowest BCUT2D eigenvalue weighted by Crippen LogP contribution is -2.35. The molecule has 6 nitrogen and oxygen atoms in total. The van der Waals surface area contributed by atoms with Crippen LogP contribution in [0.15, 0.2) is 48.8 Å². The zero-order valence-corrected chi connectivity index (χ0v) is 17.6. The van der Waals surface area contributed by atoms with Gasteiger partial charge in [0.2, 0.25) is 0 Å². The van der Waals surface area contributed by atoms with Crippen molar-refractivity contribution >= 4 is 17.0 Å². The molecule has 0 spiro atoms. The van der Waals surface area contributed by atoms with E-state index in [0.29, 0.717) is 24.3 Å². The number of hydrogen-bond acceptors (Lipinski definition) is 4.